The van der Waals surface area contributed by atoms with E-state index in [1.54, 1.807) is 0 Å². The summed E-state index contributed by atoms with van der Waals surface area (Å²) in [6.07, 6.45) is 3.92. The van der Waals surface area contributed by atoms with E-state index in [0.29, 0.717) is 5.92 Å². The van der Waals surface area contributed by atoms with E-state index in [0.717, 1.165) is 25.1 Å². The molecule has 0 aromatic carbocycles. The molecule has 62 valence electrons. The lowest BCUT2D eigenvalue weighted by molar-refractivity contribution is 0.514. The largest absolute Gasteiger partial charge is 0.330 e. The van der Waals surface area contributed by atoms with E-state index in [9.17, 15) is 0 Å². The Bertz CT molecular complexity index is 182. The molecule has 0 radical (unpaired) electrons. The Labute approximate surface area is 71.0 Å². The first-order valence-corrected chi connectivity index (χ1v) is 4.56. The second-order valence-corrected chi connectivity index (χ2v) is 3.17. The average molecular weight is 171 g/mol. The van der Waals surface area contributed by atoms with E-state index < -0.39 is 0 Å². The van der Waals surface area contributed by atoms with Crippen molar-refractivity contribution in [2.24, 2.45) is 11.7 Å². The molecule has 0 fully saturated rings. The highest BCUT2D eigenvalue weighted by atomic mass is 32.1. The van der Waals surface area contributed by atoms with Crippen molar-refractivity contribution in [1.29, 1.82) is 0 Å². The third-order valence-electron chi connectivity index (χ3n) is 1.82. The van der Waals surface area contributed by atoms with Crippen molar-refractivity contribution >= 4 is 11.7 Å². The summed E-state index contributed by atoms with van der Waals surface area (Å²) >= 11 is 1.26. The molecule has 1 aromatic heterocycles. The van der Waals surface area contributed by atoms with Crippen LogP contribution in [0.2, 0.25) is 0 Å². The Balaban J connectivity index is 2.41. The standard InChI is InChI=1S/C7H13N3S/c1-2-6(4-8)3-7-5-9-11-10-7/h5-6H,2-4,8H2,1H3. The first-order valence-electron chi connectivity index (χ1n) is 3.83. The van der Waals surface area contributed by atoms with Crippen LogP contribution < -0.4 is 5.73 Å². The Hall–Kier alpha value is -0.480. The van der Waals surface area contributed by atoms with Gasteiger partial charge in [0.1, 0.15) is 0 Å². The van der Waals surface area contributed by atoms with Crippen LogP contribution in [-0.4, -0.2) is 15.3 Å². The highest BCUT2D eigenvalue weighted by molar-refractivity contribution is 6.99. The highest BCUT2D eigenvalue weighted by Gasteiger charge is 2.06. The predicted octanol–water partition coefficient (Wildman–Crippen LogP) is 1.07. The van der Waals surface area contributed by atoms with Crippen molar-refractivity contribution in [2.75, 3.05) is 6.54 Å². The first-order chi connectivity index (χ1) is 5.36. The molecule has 1 heterocycles. The maximum absolute atomic E-state index is 5.56. The van der Waals surface area contributed by atoms with Crippen molar-refractivity contribution in [3.8, 4) is 0 Å². The molecule has 0 amide bonds. The number of rotatable bonds is 4. The molecule has 3 nitrogen and oxygen atoms in total. The third kappa shape index (κ3) is 2.55. The molecule has 11 heavy (non-hydrogen) atoms. The molecule has 0 saturated carbocycles. The lowest BCUT2D eigenvalue weighted by Crippen LogP contribution is -2.15. The minimum Gasteiger partial charge on any atom is -0.330 e. The van der Waals surface area contributed by atoms with Crippen LogP contribution in [0.4, 0.5) is 0 Å². The minimum absolute atomic E-state index is 0.568. The monoisotopic (exact) mass is 171 g/mol. The quantitative estimate of drug-likeness (QED) is 0.737. The molecule has 2 N–H and O–H groups in total. The minimum atomic E-state index is 0.568. The molecule has 1 unspecified atom stereocenters. The van der Waals surface area contributed by atoms with Crippen LogP contribution in [0.15, 0.2) is 6.20 Å². The number of hydrogen-bond acceptors (Lipinski definition) is 4. The van der Waals surface area contributed by atoms with Crippen LogP contribution in [0, 0.1) is 5.92 Å². The maximum atomic E-state index is 5.56. The predicted molar refractivity (Wildman–Crippen MR) is 46.4 cm³/mol. The molecule has 0 bridgehead atoms. The molecular formula is C7H13N3S. The van der Waals surface area contributed by atoms with Gasteiger partial charge in [0.2, 0.25) is 0 Å². The molecule has 1 atom stereocenters. The number of nitrogens with two attached hydrogens (primary N) is 1. The van der Waals surface area contributed by atoms with Crippen molar-refractivity contribution < 1.29 is 0 Å². The van der Waals surface area contributed by atoms with Crippen molar-refractivity contribution in [1.82, 2.24) is 8.75 Å². The molecule has 1 rings (SSSR count). The zero-order chi connectivity index (χ0) is 8.10. The number of hydrogen-bond donors (Lipinski definition) is 1. The summed E-state index contributed by atoms with van der Waals surface area (Å²) in [6.45, 7) is 2.89. The molecule has 0 aliphatic heterocycles. The lowest BCUT2D eigenvalue weighted by Gasteiger charge is -2.08. The van der Waals surface area contributed by atoms with E-state index >= 15 is 0 Å². The van der Waals surface area contributed by atoms with Crippen LogP contribution in [0.1, 0.15) is 19.0 Å². The Morgan fingerprint density at radius 1 is 1.73 bits per heavy atom. The van der Waals surface area contributed by atoms with Gasteiger partial charge in [-0.25, -0.2) is 0 Å². The van der Waals surface area contributed by atoms with Gasteiger partial charge in [-0.2, -0.15) is 8.75 Å². The van der Waals surface area contributed by atoms with Crippen LogP contribution in [0.25, 0.3) is 0 Å². The van der Waals surface area contributed by atoms with E-state index in [4.69, 9.17) is 5.73 Å². The topological polar surface area (TPSA) is 51.8 Å². The Morgan fingerprint density at radius 3 is 3.00 bits per heavy atom. The molecule has 0 aliphatic rings. The summed E-state index contributed by atoms with van der Waals surface area (Å²) in [6, 6.07) is 0. The molecule has 0 spiro atoms. The van der Waals surface area contributed by atoms with Crippen molar-refractivity contribution in [2.45, 2.75) is 19.8 Å². The fourth-order valence-corrected chi connectivity index (χ4v) is 1.41. The van der Waals surface area contributed by atoms with E-state index in [1.165, 1.54) is 11.7 Å². The molecule has 4 heteroatoms. The van der Waals surface area contributed by atoms with Crippen LogP contribution in [-0.2, 0) is 6.42 Å². The van der Waals surface area contributed by atoms with Gasteiger partial charge in [0.15, 0.2) is 0 Å². The molecular weight excluding hydrogens is 158 g/mol. The Morgan fingerprint density at radius 2 is 2.55 bits per heavy atom. The van der Waals surface area contributed by atoms with Gasteiger partial charge in [-0.3, -0.25) is 0 Å². The van der Waals surface area contributed by atoms with Gasteiger partial charge in [-0.05, 0) is 18.9 Å². The molecule has 0 aliphatic carbocycles. The fourth-order valence-electron chi connectivity index (χ4n) is 0.964. The third-order valence-corrected chi connectivity index (χ3v) is 2.33. The molecule has 1 aromatic rings. The van der Waals surface area contributed by atoms with Gasteiger partial charge in [-0.15, -0.1) is 0 Å². The van der Waals surface area contributed by atoms with Crippen LogP contribution in [0.3, 0.4) is 0 Å². The summed E-state index contributed by atoms with van der Waals surface area (Å²) < 4.78 is 8.06. The van der Waals surface area contributed by atoms with Crippen molar-refractivity contribution in [3.63, 3.8) is 0 Å². The van der Waals surface area contributed by atoms with E-state index in [1.807, 2.05) is 6.20 Å². The second-order valence-electron chi connectivity index (χ2n) is 2.61. The van der Waals surface area contributed by atoms with E-state index in [2.05, 4.69) is 15.7 Å². The number of nitrogens with zero attached hydrogens (tertiary/aromatic N) is 2. The molecule has 0 saturated heterocycles. The van der Waals surface area contributed by atoms with Crippen LogP contribution in [0.5, 0.6) is 0 Å². The van der Waals surface area contributed by atoms with Gasteiger partial charge in [0, 0.05) is 0 Å². The average Bonchev–Trinajstić information content (AvgIpc) is 2.52. The summed E-state index contributed by atoms with van der Waals surface area (Å²) in [5, 5.41) is 0. The summed E-state index contributed by atoms with van der Waals surface area (Å²) in [4.78, 5) is 0. The second kappa shape index (κ2) is 4.41. The zero-order valence-electron chi connectivity index (χ0n) is 6.66. The summed E-state index contributed by atoms with van der Waals surface area (Å²) in [5.74, 6) is 0.568. The van der Waals surface area contributed by atoms with Crippen LogP contribution >= 0.6 is 11.7 Å². The zero-order valence-corrected chi connectivity index (χ0v) is 7.47. The smallest absolute Gasteiger partial charge is 0.0746 e. The fraction of sp³-hybridized carbons (Fsp3) is 0.714. The van der Waals surface area contributed by atoms with Gasteiger partial charge in [0.25, 0.3) is 0 Å². The van der Waals surface area contributed by atoms with Crippen molar-refractivity contribution in [3.05, 3.63) is 11.9 Å². The summed E-state index contributed by atoms with van der Waals surface area (Å²) in [7, 11) is 0. The Kier molecular flexibility index (Phi) is 3.45. The van der Waals surface area contributed by atoms with Gasteiger partial charge < -0.3 is 5.73 Å². The summed E-state index contributed by atoms with van der Waals surface area (Å²) in [5.41, 5.74) is 6.63. The van der Waals surface area contributed by atoms with E-state index in [-0.39, 0.29) is 0 Å². The van der Waals surface area contributed by atoms with Gasteiger partial charge >= 0.3 is 0 Å². The highest BCUT2D eigenvalue weighted by Crippen LogP contribution is 2.08. The van der Waals surface area contributed by atoms with Gasteiger partial charge in [0.05, 0.1) is 23.6 Å². The maximum Gasteiger partial charge on any atom is 0.0746 e. The first kappa shape index (κ1) is 8.62. The SMILES string of the molecule is CCC(CN)Cc1cnsn1. The lowest BCUT2D eigenvalue weighted by atomic mass is 10.0. The van der Waals surface area contributed by atoms with Gasteiger partial charge in [-0.1, -0.05) is 13.3 Å². The normalized spacial score (nSPS) is 13.3. The number of aromatic nitrogens is 2.